The van der Waals surface area contributed by atoms with Crippen LogP contribution in [0.15, 0.2) is 12.4 Å². The van der Waals surface area contributed by atoms with Gasteiger partial charge in [0.25, 0.3) is 0 Å². The number of anilines is 1. The maximum absolute atomic E-state index is 12.6. The monoisotopic (exact) mass is 343 g/mol. The summed E-state index contributed by atoms with van der Waals surface area (Å²) in [6.07, 6.45) is 4.45. The quantitative estimate of drug-likeness (QED) is 0.783. The Kier molecular flexibility index (Phi) is 5.28. The molecule has 0 saturated carbocycles. The summed E-state index contributed by atoms with van der Waals surface area (Å²) < 4.78 is 6.92. The number of halogens is 1. The van der Waals surface area contributed by atoms with Gasteiger partial charge in [0.05, 0.1) is 17.4 Å². The van der Waals surface area contributed by atoms with Crippen LogP contribution >= 0.6 is 12.4 Å². The third-order valence-corrected chi connectivity index (χ3v) is 4.32. The first kappa shape index (κ1) is 17.7. The summed E-state index contributed by atoms with van der Waals surface area (Å²) in [5, 5.41) is 4.07. The molecule has 3 rings (SSSR count). The van der Waals surface area contributed by atoms with Gasteiger partial charge >= 0.3 is 0 Å². The predicted octanol–water partition coefficient (Wildman–Crippen LogP) is -0.475. The highest BCUT2D eigenvalue weighted by atomic mass is 35.5. The molecule has 1 aromatic rings. The lowest BCUT2D eigenvalue weighted by molar-refractivity contribution is -0.144. The minimum Gasteiger partial charge on any atom is -0.381 e. The van der Waals surface area contributed by atoms with Gasteiger partial charge in [-0.15, -0.1) is 12.4 Å². The molecule has 128 valence electrons. The number of carbonyl (C=O) groups is 2. The van der Waals surface area contributed by atoms with E-state index in [0.29, 0.717) is 39.1 Å². The number of nitrogens with two attached hydrogens (primary N) is 1. The molecule has 0 spiro atoms. The van der Waals surface area contributed by atoms with Crippen molar-refractivity contribution in [2.75, 3.05) is 37.7 Å². The Bertz CT molecular complexity index is 585. The molecule has 0 radical (unpaired) electrons. The van der Waals surface area contributed by atoms with E-state index in [1.54, 1.807) is 33.9 Å². The zero-order valence-corrected chi connectivity index (χ0v) is 13.9. The SMILES string of the molecule is Cl.Cn1cc(N2CCN(C(=O)C3(N)CCOCC3)CC2=O)cn1. The lowest BCUT2D eigenvalue weighted by Crippen LogP contribution is -2.62. The normalized spacial score (nSPS) is 21.0. The van der Waals surface area contributed by atoms with Crippen molar-refractivity contribution in [2.45, 2.75) is 18.4 Å². The van der Waals surface area contributed by atoms with Crippen LogP contribution in [-0.4, -0.2) is 64.9 Å². The number of aromatic nitrogens is 2. The summed E-state index contributed by atoms with van der Waals surface area (Å²) in [5.41, 5.74) is 6.08. The summed E-state index contributed by atoms with van der Waals surface area (Å²) in [5.74, 6) is -0.252. The highest BCUT2D eigenvalue weighted by Gasteiger charge is 2.41. The summed E-state index contributed by atoms with van der Waals surface area (Å²) in [4.78, 5) is 28.2. The summed E-state index contributed by atoms with van der Waals surface area (Å²) in [7, 11) is 1.80. The first-order valence-corrected chi connectivity index (χ1v) is 7.45. The standard InChI is InChI=1S/C14H21N5O3.ClH/c1-17-9-11(8-16-17)19-5-4-18(10-12(19)20)13(21)14(15)2-6-22-7-3-14;/h8-9H,2-7,10,15H2,1H3;1H. The van der Waals surface area contributed by atoms with Gasteiger partial charge in [0.1, 0.15) is 6.54 Å². The predicted molar refractivity (Wildman–Crippen MR) is 86.4 cm³/mol. The fourth-order valence-electron chi connectivity index (χ4n) is 2.93. The molecule has 2 saturated heterocycles. The summed E-state index contributed by atoms with van der Waals surface area (Å²) in [6, 6.07) is 0. The largest absolute Gasteiger partial charge is 0.381 e. The van der Waals surface area contributed by atoms with Crippen molar-refractivity contribution < 1.29 is 14.3 Å². The van der Waals surface area contributed by atoms with Gasteiger partial charge in [-0.05, 0) is 12.8 Å². The van der Waals surface area contributed by atoms with Crippen LogP contribution < -0.4 is 10.6 Å². The molecule has 3 heterocycles. The van der Waals surface area contributed by atoms with Crippen LogP contribution in [0.25, 0.3) is 0 Å². The fraction of sp³-hybridized carbons (Fsp3) is 0.643. The lowest BCUT2D eigenvalue weighted by atomic mass is 9.89. The van der Waals surface area contributed by atoms with E-state index < -0.39 is 5.54 Å². The van der Waals surface area contributed by atoms with Gasteiger partial charge in [0, 0.05) is 39.5 Å². The minimum atomic E-state index is -0.894. The van der Waals surface area contributed by atoms with Crippen molar-refractivity contribution in [3.8, 4) is 0 Å². The molecule has 0 bridgehead atoms. The van der Waals surface area contributed by atoms with Crippen molar-refractivity contribution >= 4 is 29.9 Å². The van der Waals surface area contributed by atoms with E-state index in [9.17, 15) is 9.59 Å². The van der Waals surface area contributed by atoms with Crippen molar-refractivity contribution in [3.63, 3.8) is 0 Å². The van der Waals surface area contributed by atoms with E-state index in [4.69, 9.17) is 10.5 Å². The Morgan fingerprint density at radius 2 is 2.04 bits per heavy atom. The van der Waals surface area contributed by atoms with Crippen LogP contribution in [0.5, 0.6) is 0 Å². The summed E-state index contributed by atoms with van der Waals surface area (Å²) >= 11 is 0. The van der Waals surface area contributed by atoms with Gasteiger partial charge in [-0.2, -0.15) is 5.10 Å². The maximum atomic E-state index is 12.6. The second-order valence-corrected chi connectivity index (χ2v) is 5.91. The van der Waals surface area contributed by atoms with Gasteiger partial charge in [-0.3, -0.25) is 14.3 Å². The van der Waals surface area contributed by atoms with Crippen molar-refractivity contribution in [3.05, 3.63) is 12.4 Å². The molecule has 2 amide bonds. The highest BCUT2D eigenvalue weighted by molar-refractivity contribution is 5.99. The number of amides is 2. The highest BCUT2D eigenvalue weighted by Crippen LogP contribution is 2.23. The summed E-state index contributed by atoms with van der Waals surface area (Å²) in [6.45, 7) is 1.99. The third kappa shape index (κ3) is 3.49. The second-order valence-electron chi connectivity index (χ2n) is 5.91. The molecule has 0 atom stereocenters. The molecule has 2 aliphatic heterocycles. The molecule has 1 aromatic heterocycles. The first-order valence-electron chi connectivity index (χ1n) is 7.45. The lowest BCUT2D eigenvalue weighted by Gasteiger charge is -2.40. The third-order valence-electron chi connectivity index (χ3n) is 4.32. The molecular weight excluding hydrogens is 322 g/mol. The first-order chi connectivity index (χ1) is 10.5. The van der Waals surface area contributed by atoms with Crippen LogP contribution in [0.1, 0.15) is 12.8 Å². The van der Waals surface area contributed by atoms with E-state index in [0.717, 1.165) is 5.69 Å². The van der Waals surface area contributed by atoms with E-state index in [1.165, 1.54) is 0 Å². The molecule has 23 heavy (non-hydrogen) atoms. The average Bonchev–Trinajstić information content (AvgIpc) is 2.93. The Balaban J connectivity index is 0.00000192. The zero-order chi connectivity index (χ0) is 15.7. The molecule has 8 nitrogen and oxygen atoms in total. The Morgan fingerprint density at radius 1 is 1.35 bits per heavy atom. The molecule has 0 aromatic carbocycles. The number of ether oxygens (including phenoxy) is 1. The average molecular weight is 344 g/mol. The molecule has 2 N–H and O–H groups in total. The number of piperazine rings is 1. The van der Waals surface area contributed by atoms with E-state index in [-0.39, 0.29) is 30.8 Å². The molecule has 9 heteroatoms. The van der Waals surface area contributed by atoms with Gasteiger partial charge in [0.2, 0.25) is 11.8 Å². The minimum absolute atomic E-state index is 0. The van der Waals surface area contributed by atoms with Crippen LogP contribution in [0, 0.1) is 0 Å². The van der Waals surface area contributed by atoms with Crippen LogP contribution in [0.3, 0.4) is 0 Å². The molecule has 0 aliphatic carbocycles. The Morgan fingerprint density at radius 3 is 2.61 bits per heavy atom. The molecular formula is C14H22ClN5O3. The van der Waals surface area contributed by atoms with Crippen molar-refractivity contribution in [1.29, 1.82) is 0 Å². The molecule has 0 unspecified atom stereocenters. The fourth-order valence-corrected chi connectivity index (χ4v) is 2.93. The van der Waals surface area contributed by atoms with Crippen molar-refractivity contribution in [1.82, 2.24) is 14.7 Å². The van der Waals surface area contributed by atoms with Gasteiger partial charge < -0.3 is 20.3 Å². The van der Waals surface area contributed by atoms with E-state index in [2.05, 4.69) is 5.10 Å². The number of carbonyl (C=O) groups excluding carboxylic acids is 2. The number of aryl methyl sites for hydroxylation is 1. The molecule has 2 aliphatic rings. The van der Waals surface area contributed by atoms with Crippen molar-refractivity contribution in [2.24, 2.45) is 12.8 Å². The second kappa shape index (κ2) is 6.86. The topological polar surface area (TPSA) is 93.7 Å². The number of hydrogen-bond acceptors (Lipinski definition) is 5. The number of hydrogen-bond donors (Lipinski definition) is 1. The van der Waals surface area contributed by atoms with Gasteiger partial charge in [-0.25, -0.2) is 0 Å². The smallest absolute Gasteiger partial charge is 0.246 e. The maximum Gasteiger partial charge on any atom is 0.246 e. The van der Waals surface area contributed by atoms with Crippen LogP contribution in [-0.2, 0) is 21.4 Å². The Hall–Kier alpha value is -1.64. The number of rotatable bonds is 2. The Labute approximate surface area is 140 Å². The van der Waals surface area contributed by atoms with Crippen LogP contribution in [0.4, 0.5) is 5.69 Å². The van der Waals surface area contributed by atoms with E-state index in [1.807, 2.05) is 0 Å². The van der Waals surface area contributed by atoms with E-state index >= 15 is 0 Å². The van der Waals surface area contributed by atoms with Crippen LogP contribution in [0.2, 0.25) is 0 Å². The van der Waals surface area contributed by atoms with Gasteiger partial charge in [-0.1, -0.05) is 0 Å². The zero-order valence-electron chi connectivity index (χ0n) is 13.1. The number of nitrogens with zero attached hydrogens (tertiary/aromatic N) is 4. The van der Waals surface area contributed by atoms with Gasteiger partial charge in [0.15, 0.2) is 0 Å². The molecule has 2 fully saturated rings.